The third-order valence-corrected chi connectivity index (χ3v) is 9.36. The summed E-state index contributed by atoms with van der Waals surface area (Å²) < 4.78 is 6.04. The Labute approximate surface area is 165 Å². The first-order valence-corrected chi connectivity index (χ1v) is 13.0. The lowest BCUT2D eigenvalue weighted by atomic mass is 10.0. The van der Waals surface area contributed by atoms with Gasteiger partial charge in [-0.2, -0.15) is 0 Å². The number of hydrogen-bond acceptors (Lipinski definition) is 1. The molecule has 0 radical (unpaired) electrons. The van der Waals surface area contributed by atoms with E-state index in [1.807, 2.05) is 7.11 Å². The van der Waals surface area contributed by atoms with Crippen LogP contribution in [0.3, 0.4) is 0 Å². The van der Waals surface area contributed by atoms with E-state index in [4.69, 9.17) is 4.74 Å². The van der Waals surface area contributed by atoms with Gasteiger partial charge in [-0.05, 0) is 42.5 Å². The minimum absolute atomic E-state index is 0.682. The van der Waals surface area contributed by atoms with Gasteiger partial charge in [-0.3, -0.25) is 0 Å². The Morgan fingerprint density at radius 3 is 2.41 bits per heavy atom. The van der Waals surface area contributed by atoms with Crippen LogP contribution in [0, 0.1) is 12.8 Å². The van der Waals surface area contributed by atoms with Crippen molar-refractivity contribution in [3.8, 4) is 16.9 Å². The molecule has 0 unspecified atom stereocenters. The van der Waals surface area contributed by atoms with Crippen LogP contribution in [0.1, 0.15) is 32.3 Å². The second-order valence-electron chi connectivity index (χ2n) is 8.59. The number of benzene rings is 2. The van der Waals surface area contributed by atoms with Crippen molar-refractivity contribution in [2.24, 2.45) is 5.92 Å². The molecule has 0 heterocycles. The highest BCUT2D eigenvalue weighted by atomic mass is 28.3. The van der Waals surface area contributed by atoms with Gasteiger partial charge in [0.05, 0.1) is 7.11 Å². The summed E-state index contributed by atoms with van der Waals surface area (Å²) in [5.41, 5.74) is 5.31. The first-order valence-electron chi connectivity index (χ1n) is 9.98. The Balaban J connectivity index is 2.17. The van der Waals surface area contributed by atoms with Crippen molar-refractivity contribution >= 4 is 13.3 Å². The summed E-state index contributed by atoms with van der Waals surface area (Å²) in [4.78, 5) is 0. The van der Waals surface area contributed by atoms with Crippen molar-refractivity contribution in [3.05, 3.63) is 70.9 Å². The van der Waals surface area contributed by atoms with Crippen LogP contribution in [0.25, 0.3) is 11.1 Å². The average molecular weight is 377 g/mol. The average Bonchev–Trinajstić information content (AvgIpc) is 3.10. The summed E-state index contributed by atoms with van der Waals surface area (Å²) in [6, 6.07) is 15.3. The summed E-state index contributed by atoms with van der Waals surface area (Å²) in [6.45, 7) is 11.8. The third kappa shape index (κ3) is 3.96. The Morgan fingerprint density at radius 2 is 1.78 bits per heavy atom. The molecule has 1 nitrogen and oxygen atoms in total. The molecule has 0 spiro atoms. The van der Waals surface area contributed by atoms with Crippen LogP contribution < -0.4 is 9.92 Å². The summed E-state index contributed by atoms with van der Waals surface area (Å²) in [7, 11) is -0.0245. The molecule has 0 atom stereocenters. The van der Waals surface area contributed by atoms with Crippen molar-refractivity contribution in [2.75, 3.05) is 7.11 Å². The topological polar surface area (TPSA) is 9.23 Å². The van der Waals surface area contributed by atoms with Gasteiger partial charge in [0.15, 0.2) is 0 Å². The molecule has 0 aliphatic heterocycles. The van der Waals surface area contributed by atoms with E-state index in [1.54, 1.807) is 10.8 Å². The van der Waals surface area contributed by atoms with E-state index in [2.05, 4.69) is 88.5 Å². The van der Waals surface area contributed by atoms with Crippen molar-refractivity contribution in [2.45, 2.75) is 46.7 Å². The summed E-state index contributed by atoms with van der Waals surface area (Å²) in [5.74, 6) is 1.74. The first-order chi connectivity index (χ1) is 12.8. The Hall–Kier alpha value is -2.06. The maximum absolute atomic E-state index is 6.04. The number of allylic oxidation sites excluding steroid dienone is 4. The second kappa shape index (κ2) is 7.90. The summed E-state index contributed by atoms with van der Waals surface area (Å²) in [5, 5.41) is 3.09. The highest BCUT2D eigenvalue weighted by Crippen LogP contribution is 2.37. The largest absolute Gasteiger partial charge is 0.496 e. The molecule has 2 aromatic carbocycles. The molecule has 3 rings (SSSR count). The van der Waals surface area contributed by atoms with E-state index in [0.717, 1.165) is 12.2 Å². The van der Waals surface area contributed by atoms with Gasteiger partial charge in [0.1, 0.15) is 13.8 Å². The van der Waals surface area contributed by atoms with Crippen LogP contribution in [0.4, 0.5) is 0 Å². The Kier molecular flexibility index (Phi) is 5.76. The molecule has 0 bridgehead atoms. The molecule has 0 N–H and O–H groups in total. The number of aryl methyl sites for hydroxylation is 1. The van der Waals surface area contributed by atoms with Crippen LogP contribution in [0.5, 0.6) is 5.75 Å². The SMILES string of the molecule is COc1c(-c2ccccc2)cc(C)cc1[Si](C)(C)C1=C(CC(C)C)C=CC1. The van der Waals surface area contributed by atoms with Crippen LogP contribution in [-0.2, 0) is 0 Å². The smallest absolute Gasteiger partial charge is 0.126 e. The van der Waals surface area contributed by atoms with Gasteiger partial charge in [0.2, 0.25) is 0 Å². The zero-order valence-corrected chi connectivity index (χ0v) is 18.6. The normalized spacial score (nSPS) is 14.3. The van der Waals surface area contributed by atoms with Gasteiger partial charge in [-0.1, -0.05) is 91.8 Å². The van der Waals surface area contributed by atoms with Crippen LogP contribution in [-0.4, -0.2) is 15.2 Å². The lowest BCUT2D eigenvalue weighted by Crippen LogP contribution is -2.45. The highest BCUT2D eigenvalue weighted by molar-refractivity contribution is 6.96. The lowest BCUT2D eigenvalue weighted by Gasteiger charge is -2.30. The molecule has 0 saturated carbocycles. The standard InChI is InChI=1S/C25H32OSi/c1-18(2)15-21-13-10-14-23(21)27(5,6)24-17-19(3)16-22(25(24)26-4)20-11-8-7-9-12-20/h7-13,16-18H,14-15H2,1-6H3. The monoisotopic (exact) mass is 376 g/mol. The highest BCUT2D eigenvalue weighted by Gasteiger charge is 2.35. The molecule has 1 aliphatic rings. The molecule has 27 heavy (non-hydrogen) atoms. The molecule has 1 aliphatic carbocycles. The fourth-order valence-corrected chi connectivity index (χ4v) is 7.62. The van der Waals surface area contributed by atoms with E-state index < -0.39 is 8.07 Å². The van der Waals surface area contributed by atoms with Crippen molar-refractivity contribution in [1.82, 2.24) is 0 Å². The fourth-order valence-electron chi connectivity index (χ4n) is 4.29. The van der Waals surface area contributed by atoms with Crippen molar-refractivity contribution in [1.29, 1.82) is 0 Å². The summed E-state index contributed by atoms with van der Waals surface area (Å²) in [6.07, 6.45) is 6.98. The zero-order valence-electron chi connectivity index (χ0n) is 17.6. The molecule has 0 saturated heterocycles. The van der Waals surface area contributed by atoms with Gasteiger partial charge in [0, 0.05) is 5.56 Å². The van der Waals surface area contributed by atoms with Gasteiger partial charge in [0.25, 0.3) is 0 Å². The van der Waals surface area contributed by atoms with E-state index in [0.29, 0.717) is 5.92 Å². The molecular weight excluding hydrogens is 344 g/mol. The lowest BCUT2D eigenvalue weighted by molar-refractivity contribution is 0.419. The molecule has 2 aromatic rings. The predicted octanol–water partition coefficient (Wildman–Crippen LogP) is 6.43. The van der Waals surface area contributed by atoms with E-state index in [-0.39, 0.29) is 0 Å². The van der Waals surface area contributed by atoms with Gasteiger partial charge in [-0.25, -0.2) is 0 Å². The Bertz CT molecular complexity index is 873. The van der Waals surface area contributed by atoms with E-state index >= 15 is 0 Å². The number of hydrogen-bond donors (Lipinski definition) is 0. The minimum Gasteiger partial charge on any atom is -0.496 e. The number of ether oxygens (including phenoxy) is 1. The minimum atomic E-state index is -1.85. The van der Waals surface area contributed by atoms with E-state index in [1.165, 1.54) is 28.3 Å². The van der Waals surface area contributed by atoms with Crippen LogP contribution in [0.2, 0.25) is 13.1 Å². The molecule has 0 amide bonds. The molecule has 2 heteroatoms. The van der Waals surface area contributed by atoms with Gasteiger partial charge >= 0.3 is 0 Å². The zero-order chi connectivity index (χ0) is 19.6. The summed E-state index contributed by atoms with van der Waals surface area (Å²) >= 11 is 0. The Morgan fingerprint density at radius 1 is 1.07 bits per heavy atom. The van der Waals surface area contributed by atoms with Crippen LogP contribution in [0.15, 0.2) is 65.4 Å². The van der Waals surface area contributed by atoms with E-state index in [9.17, 15) is 0 Å². The molecule has 142 valence electrons. The maximum Gasteiger partial charge on any atom is 0.126 e. The molecule has 0 fully saturated rings. The molecule has 0 aromatic heterocycles. The third-order valence-electron chi connectivity index (χ3n) is 5.61. The number of methoxy groups -OCH3 is 1. The molecular formula is C25H32OSi. The quantitative estimate of drug-likeness (QED) is 0.528. The van der Waals surface area contributed by atoms with Gasteiger partial charge < -0.3 is 4.74 Å². The number of rotatable bonds is 6. The van der Waals surface area contributed by atoms with Crippen LogP contribution >= 0.6 is 0 Å². The fraction of sp³-hybridized carbons (Fsp3) is 0.360. The second-order valence-corrected chi connectivity index (χ2v) is 13.0. The van der Waals surface area contributed by atoms with Gasteiger partial charge in [-0.15, -0.1) is 0 Å². The maximum atomic E-state index is 6.04. The first kappa shape index (κ1) is 19.7. The predicted molar refractivity (Wildman–Crippen MR) is 121 cm³/mol. The van der Waals surface area contributed by atoms with Crippen molar-refractivity contribution in [3.63, 3.8) is 0 Å². The van der Waals surface area contributed by atoms with Crippen molar-refractivity contribution < 1.29 is 4.74 Å².